The molecule has 2 atom stereocenters. The number of aromatic nitrogens is 2. The SMILES string of the molecule is CN1CCC[C@@H]1[C@@H]1CCCN1C(=O)c1cncn1-c1ccccc1. The molecule has 3 heterocycles. The van der Waals surface area contributed by atoms with Crippen molar-refractivity contribution in [2.45, 2.75) is 37.8 Å². The fraction of sp³-hybridized carbons (Fsp3) is 0.474. The summed E-state index contributed by atoms with van der Waals surface area (Å²) in [4.78, 5) is 22.0. The van der Waals surface area contributed by atoms with E-state index in [1.54, 1.807) is 12.5 Å². The second kappa shape index (κ2) is 6.40. The van der Waals surface area contributed by atoms with E-state index in [0.29, 0.717) is 17.8 Å². The van der Waals surface area contributed by atoms with Crippen LogP contribution in [0, 0.1) is 0 Å². The Morgan fingerprint density at radius 3 is 2.58 bits per heavy atom. The van der Waals surface area contributed by atoms with Crippen molar-refractivity contribution in [3.8, 4) is 5.69 Å². The molecule has 2 aliphatic rings. The van der Waals surface area contributed by atoms with Gasteiger partial charge in [0.1, 0.15) is 5.69 Å². The molecule has 0 bridgehead atoms. The first-order valence-corrected chi connectivity index (χ1v) is 8.84. The summed E-state index contributed by atoms with van der Waals surface area (Å²) >= 11 is 0. The minimum absolute atomic E-state index is 0.110. The van der Waals surface area contributed by atoms with Gasteiger partial charge >= 0.3 is 0 Å². The average Bonchev–Trinajstić information content (AvgIpc) is 3.34. The highest BCUT2D eigenvalue weighted by atomic mass is 16.2. The van der Waals surface area contributed by atoms with Crippen LogP contribution in [0.2, 0.25) is 0 Å². The molecule has 2 saturated heterocycles. The fourth-order valence-corrected chi connectivity index (χ4v) is 4.26. The first-order chi connectivity index (χ1) is 11.8. The largest absolute Gasteiger partial charge is 0.333 e. The molecule has 2 aliphatic heterocycles. The summed E-state index contributed by atoms with van der Waals surface area (Å²) in [5.74, 6) is 0.110. The van der Waals surface area contributed by atoms with Crippen molar-refractivity contribution in [3.05, 3.63) is 48.5 Å². The van der Waals surface area contributed by atoms with Crippen molar-refractivity contribution in [2.24, 2.45) is 0 Å². The first kappa shape index (κ1) is 15.4. The zero-order valence-corrected chi connectivity index (χ0v) is 14.1. The Morgan fingerprint density at radius 2 is 1.83 bits per heavy atom. The second-order valence-corrected chi connectivity index (χ2v) is 6.88. The van der Waals surface area contributed by atoms with E-state index in [-0.39, 0.29) is 5.91 Å². The summed E-state index contributed by atoms with van der Waals surface area (Å²) in [6.45, 7) is 2.00. The molecule has 126 valence electrons. The van der Waals surface area contributed by atoms with Crippen LogP contribution in [0.15, 0.2) is 42.9 Å². The molecule has 0 unspecified atom stereocenters. The molecule has 4 rings (SSSR count). The number of carbonyl (C=O) groups is 1. The van der Waals surface area contributed by atoms with Gasteiger partial charge in [-0.2, -0.15) is 0 Å². The van der Waals surface area contributed by atoms with Gasteiger partial charge in [-0.25, -0.2) is 4.98 Å². The molecule has 5 heteroatoms. The van der Waals surface area contributed by atoms with Crippen LogP contribution in [-0.4, -0.2) is 57.5 Å². The smallest absolute Gasteiger partial charge is 0.272 e. The van der Waals surface area contributed by atoms with Gasteiger partial charge in [-0.3, -0.25) is 9.36 Å². The van der Waals surface area contributed by atoms with Gasteiger partial charge in [0.2, 0.25) is 0 Å². The first-order valence-electron chi connectivity index (χ1n) is 8.84. The Kier molecular flexibility index (Phi) is 4.10. The molecule has 0 N–H and O–H groups in total. The molecule has 2 aromatic rings. The van der Waals surface area contributed by atoms with Crippen LogP contribution in [0.25, 0.3) is 5.69 Å². The summed E-state index contributed by atoms with van der Waals surface area (Å²) in [6, 6.07) is 10.8. The van der Waals surface area contributed by atoms with Crippen LogP contribution in [0.3, 0.4) is 0 Å². The van der Waals surface area contributed by atoms with Gasteiger partial charge in [0.15, 0.2) is 0 Å². The van der Waals surface area contributed by atoms with Crippen molar-refractivity contribution in [1.82, 2.24) is 19.4 Å². The number of likely N-dealkylation sites (tertiary alicyclic amines) is 2. The lowest BCUT2D eigenvalue weighted by atomic mass is 10.0. The number of hydrogen-bond donors (Lipinski definition) is 0. The Labute approximate surface area is 142 Å². The maximum Gasteiger partial charge on any atom is 0.272 e. The third kappa shape index (κ3) is 2.63. The van der Waals surface area contributed by atoms with E-state index in [2.05, 4.69) is 21.8 Å². The number of likely N-dealkylation sites (N-methyl/N-ethyl adjacent to an activating group) is 1. The summed E-state index contributed by atoms with van der Waals surface area (Å²) < 4.78 is 1.90. The molecule has 5 nitrogen and oxygen atoms in total. The average molecular weight is 324 g/mol. The summed E-state index contributed by atoms with van der Waals surface area (Å²) in [6.07, 6.45) is 8.07. The van der Waals surface area contributed by atoms with Gasteiger partial charge in [-0.1, -0.05) is 18.2 Å². The Balaban J connectivity index is 1.61. The number of rotatable bonds is 3. The van der Waals surface area contributed by atoms with Crippen LogP contribution >= 0.6 is 0 Å². The molecule has 1 aromatic heterocycles. The fourth-order valence-electron chi connectivity index (χ4n) is 4.26. The number of para-hydroxylation sites is 1. The maximum atomic E-state index is 13.2. The van der Waals surface area contributed by atoms with Crippen molar-refractivity contribution >= 4 is 5.91 Å². The molecule has 0 saturated carbocycles. The number of benzene rings is 1. The number of hydrogen-bond acceptors (Lipinski definition) is 3. The highest BCUT2D eigenvalue weighted by molar-refractivity contribution is 5.93. The molecule has 0 radical (unpaired) electrons. The maximum absolute atomic E-state index is 13.2. The summed E-state index contributed by atoms with van der Waals surface area (Å²) in [5.41, 5.74) is 1.64. The van der Waals surface area contributed by atoms with Gasteiger partial charge in [-0.05, 0) is 51.4 Å². The zero-order chi connectivity index (χ0) is 16.5. The lowest BCUT2D eigenvalue weighted by Gasteiger charge is -2.33. The number of nitrogens with zero attached hydrogens (tertiary/aromatic N) is 4. The van der Waals surface area contributed by atoms with E-state index in [4.69, 9.17) is 0 Å². The minimum Gasteiger partial charge on any atom is -0.333 e. The van der Waals surface area contributed by atoms with Crippen LogP contribution in [0.5, 0.6) is 0 Å². The van der Waals surface area contributed by atoms with E-state index < -0.39 is 0 Å². The molecule has 24 heavy (non-hydrogen) atoms. The van der Waals surface area contributed by atoms with Crippen molar-refractivity contribution in [3.63, 3.8) is 0 Å². The monoisotopic (exact) mass is 324 g/mol. The number of imidazole rings is 1. The van der Waals surface area contributed by atoms with Gasteiger partial charge in [0, 0.05) is 24.3 Å². The Hall–Kier alpha value is -2.14. The summed E-state index contributed by atoms with van der Waals surface area (Å²) in [7, 11) is 2.19. The van der Waals surface area contributed by atoms with Gasteiger partial charge in [0.25, 0.3) is 5.91 Å². The lowest BCUT2D eigenvalue weighted by molar-refractivity contribution is 0.0656. The predicted octanol–water partition coefficient (Wildman–Crippen LogP) is 2.57. The highest BCUT2D eigenvalue weighted by Crippen LogP contribution is 2.30. The highest BCUT2D eigenvalue weighted by Gasteiger charge is 2.39. The number of amides is 1. The lowest BCUT2D eigenvalue weighted by Crippen LogP contribution is -2.47. The molecule has 1 aromatic carbocycles. The van der Waals surface area contributed by atoms with Crippen molar-refractivity contribution in [1.29, 1.82) is 0 Å². The van der Waals surface area contributed by atoms with E-state index in [1.165, 1.54) is 12.8 Å². The van der Waals surface area contributed by atoms with Crippen molar-refractivity contribution in [2.75, 3.05) is 20.1 Å². The quantitative estimate of drug-likeness (QED) is 0.871. The predicted molar refractivity (Wildman–Crippen MR) is 93.3 cm³/mol. The molecular weight excluding hydrogens is 300 g/mol. The normalized spacial score (nSPS) is 24.6. The molecular formula is C19H24N4O. The van der Waals surface area contributed by atoms with Crippen LogP contribution in [-0.2, 0) is 0 Å². The topological polar surface area (TPSA) is 41.4 Å². The summed E-state index contributed by atoms with van der Waals surface area (Å²) in [5, 5.41) is 0. The van der Waals surface area contributed by atoms with Gasteiger partial charge in [0.05, 0.1) is 12.5 Å². The van der Waals surface area contributed by atoms with Crippen LogP contribution in [0.1, 0.15) is 36.2 Å². The Bertz CT molecular complexity index is 711. The molecule has 1 amide bonds. The third-order valence-corrected chi connectivity index (χ3v) is 5.47. The molecule has 0 aliphatic carbocycles. The van der Waals surface area contributed by atoms with Crippen molar-refractivity contribution < 1.29 is 4.79 Å². The van der Waals surface area contributed by atoms with E-state index in [9.17, 15) is 4.79 Å². The zero-order valence-electron chi connectivity index (χ0n) is 14.1. The second-order valence-electron chi connectivity index (χ2n) is 6.88. The van der Waals surface area contributed by atoms with E-state index in [0.717, 1.165) is 31.6 Å². The molecule has 0 spiro atoms. The van der Waals surface area contributed by atoms with Gasteiger partial charge < -0.3 is 9.80 Å². The van der Waals surface area contributed by atoms with Crippen LogP contribution < -0.4 is 0 Å². The standard InChI is InChI=1S/C19H24N4O/c1-21-11-5-9-16(21)17-10-6-12-22(17)19(24)18-13-20-14-23(18)15-7-3-2-4-8-15/h2-4,7-8,13-14,16-17H,5-6,9-12H2,1H3/t16-,17+/m1/s1. The minimum atomic E-state index is 0.110. The van der Waals surface area contributed by atoms with E-state index in [1.807, 2.05) is 34.9 Å². The Morgan fingerprint density at radius 1 is 1.08 bits per heavy atom. The van der Waals surface area contributed by atoms with E-state index >= 15 is 0 Å². The molecule has 2 fully saturated rings. The van der Waals surface area contributed by atoms with Crippen LogP contribution in [0.4, 0.5) is 0 Å². The van der Waals surface area contributed by atoms with Gasteiger partial charge in [-0.15, -0.1) is 0 Å². The third-order valence-electron chi connectivity index (χ3n) is 5.47. The number of carbonyl (C=O) groups excluding carboxylic acids is 1.